The van der Waals surface area contributed by atoms with Gasteiger partial charge in [-0.15, -0.1) is 0 Å². The molecule has 0 radical (unpaired) electrons. The summed E-state index contributed by atoms with van der Waals surface area (Å²) in [5.41, 5.74) is 0.722. The molecule has 1 aromatic carbocycles. The highest BCUT2D eigenvalue weighted by atomic mass is 16.5. The fourth-order valence-electron chi connectivity index (χ4n) is 4.58. The molecule has 27 heavy (non-hydrogen) atoms. The fourth-order valence-corrected chi connectivity index (χ4v) is 4.58. The molecule has 1 saturated carbocycles. The summed E-state index contributed by atoms with van der Waals surface area (Å²) in [6.07, 6.45) is 2.55. The van der Waals surface area contributed by atoms with Crippen LogP contribution in [0.5, 0.6) is 5.75 Å². The van der Waals surface area contributed by atoms with Gasteiger partial charge in [-0.05, 0) is 43.9 Å². The van der Waals surface area contributed by atoms with Gasteiger partial charge in [0.2, 0.25) is 11.8 Å². The van der Waals surface area contributed by atoms with E-state index in [-0.39, 0.29) is 23.3 Å². The van der Waals surface area contributed by atoms with E-state index in [1.54, 1.807) is 7.11 Å². The van der Waals surface area contributed by atoms with Gasteiger partial charge >= 0.3 is 0 Å². The summed E-state index contributed by atoms with van der Waals surface area (Å²) < 4.78 is 5.24. The van der Waals surface area contributed by atoms with Crippen molar-refractivity contribution in [2.75, 3.05) is 46.4 Å². The Morgan fingerprint density at radius 1 is 1.11 bits per heavy atom. The highest BCUT2D eigenvalue weighted by Crippen LogP contribution is 2.50. The van der Waals surface area contributed by atoms with Crippen molar-refractivity contribution in [3.63, 3.8) is 0 Å². The zero-order valence-corrected chi connectivity index (χ0v) is 16.3. The third-order valence-electron chi connectivity index (χ3n) is 6.50. The van der Waals surface area contributed by atoms with Crippen LogP contribution in [-0.4, -0.2) is 78.9 Å². The van der Waals surface area contributed by atoms with Crippen molar-refractivity contribution in [2.45, 2.75) is 37.6 Å². The second-order valence-corrected chi connectivity index (χ2v) is 7.86. The fraction of sp³-hybridized carbons (Fsp3) is 0.619. The predicted molar refractivity (Wildman–Crippen MR) is 103 cm³/mol. The molecule has 146 valence electrons. The first-order chi connectivity index (χ1) is 13.1. The molecule has 0 spiro atoms. The number of nitrogens with zero attached hydrogens (tertiary/aromatic N) is 3. The van der Waals surface area contributed by atoms with Crippen molar-refractivity contribution in [1.29, 1.82) is 0 Å². The summed E-state index contributed by atoms with van der Waals surface area (Å²) in [6.45, 7) is 6.69. The van der Waals surface area contributed by atoms with E-state index in [1.165, 1.54) is 0 Å². The smallest absolute Gasteiger partial charge is 0.240 e. The highest BCUT2D eigenvalue weighted by molar-refractivity contribution is 5.91. The molecule has 0 bridgehead atoms. The molecule has 1 atom stereocenters. The number of carbonyl (C=O) groups is 2. The Morgan fingerprint density at radius 3 is 2.44 bits per heavy atom. The molecule has 4 rings (SSSR count). The average molecular weight is 371 g/mol. The number of ether oxygens (including phenoxy) is 1. The van der Waals surface area contributed by atoms with E-state index >= 15 is 0 Å². The molecule has 3 fully saturated rings. The maximum absolute atomic E-state index is 13.4. The molecule has 2 amide bonds. The highest BCUT2D eigenvalue weighted by Gasteiger charge is 2.53. The van der Waals surface area contributed by atoms with Crippen LogP contribution >= 0.6 is 0 Å². The lowest BCUT2D eigenvalue weighted by atomic mass is 9.94. The molecule has 3 aliphatic rings. The molecule has 1 aromatic rings. The molecular weight excluding hydrogens is 342 g/mol. The normalized spacial score (nSPS) is 25.0. The lowest BCUT2D eigenvalue weighted by molar-refractivity contribution is -0.141. The minimum atomic E-state index is -0.365. The van der Waals surface area contributed by atoms with E-state index in [1.807, 2.05) is 41.0 Å². The van der Waals surface area contributed by atoms with Crippen LogP contribution < -0.4 is 4.74 Å². The van der Waals surface area contributed by atoms with E-state index in [4.69, 9.17) is 4.74 Å². The van der Waals surface area contributed by atoms with Crippen LogP contribution in [0.25, 0.3) is 0 Å². The summed E-state index contributed by atoms with van der Waals surface area (Å²) in [4.78, 5) is 32.3. The number of fused-ring (bicyclic) bond motifs is 1. The van der Waals surface area contributed by atoms with Gasteiger partial charge in [-0.25, -0.2) is 0 Å². The number of rotatable bonds is 4. The van der Waals surface area contributed by atoms with Crippen LogP contribution in [0.1, 0.15) is 31.7 Å². The van der Waals surface area contributed by atoms with Crippen molar-refractivity contribution in [3.05, 3.63) is 29.8 Å². The van der Waals surface area contributed by atoms with Crippen LogP contribution in [0.2, 0.25) is 0 Å². The van der Waals surface area contributed by atoms with Gasteiger partial charge in [0.15, 0.2) is 0 Å². The minimum absolute atomic E-state index is 0.0624. The predicted octanol–water partition coefficient (Wildman–Crippen LogP) is 1.49. The van der Waals surface area contributed by atoms with Gasteiger partial charge in [0.1, 0.15) is 5.75 Å². The Kier molecular flexibility index (Phi) is 4.84. The Labute approximate surface area is 161 Å². The first-order valence-corrected chi connectivity index (χ1v) is 10.1. The van der Waals surface area contributed by atoms with E-state index in [0.717, 1.165) is 56.8 Å². The van der Waals surface area contributed by atoms with Crippen LogP contribution in [-0.2, 0) is 15.0 Å². The van der Waals surface area contributed by atoms with E-state index in [9.17, 15) is 9.59 Å². The first-order valence-electron chi connectivity index (χ1n) is 10.1. The first kappa shape index (κ1) is 18.3. The average Bonchev–Trinajstić information content (AvgIpc) is 3.52. The van der Waals surface area contributed by atoms with Gasteiger partial charge in [-0.2, -0.15) is 0 Å². The van der Waals surface area contributed by atoms with Gasteiger partial charge in [0.05, 0.1) is 18.6 Å². The Hall–Kier alpha value is -2.08. The van der Waals surface area contributed by atoms with Crippen molar-refractivity contribution < 1.29 is 14.3 Å². The number of hydrogen-bond acceptors (Lipinski definition) is 4. The molecule has 0 N–H and O–H groups in total. The second-order valence-electron chi connectivity index (χ2n) is 7.86. The van der Waals surface area contributed by atoms with E-state index in [0.29, 0.717) is 13.1 Å². The number of hydrogen-bond donors (Lipinski definition) is 0. The summed E-state index contributed by atoms with van der Waals surface area (Å²) in [6, 6.07) is 7.85. The number of carbonyl (C=O) groups excluding carboxylic acids is 2. The van der Waals surface area contributed by atoms with Crippen molar-refractivity contribution >= 4 is 11.8 Å². The molecule has 1 aliphatic carbocycles. The van der Waals surface area contributed by atoms with Gasteiger partial charge in [0, 0.05) is 39.3 Å². The number of benzene rings is 1. The SMILES string of the molecule is CCN1CCN2CCN(C(=O)C3(c4ccc(OC)cc4)CC3)CCC2C1=O. The molecular formula is C21H29N3O3. The minimum Gasteiger partial charge on any atom is -0.497 e. The monoisotopic (exact) mass is 371 g/mol. The van der Waals surface area contributed by atoms with Gasteiger partial charge in [0.25, 0.3) is 0 Å². The van der Waals surface area contributed by atoms with Crippen LogP contribution in [0.4, 0.5) is 0 Å². The standard InChI is InChI=1S/C21H29N3O3/c1-3-22-12-13-23-14-15-24(11-8-18(23)19(22)25)20(26)21(9-10-21)16-4-6-17(27-2)7-5-16/h4-7,18H,3,8-15H2,1-2H3. The van der Waals surface area contributed by atoms with Gasteiger partial charge < -0.3 is 14.5 Å². The lowest BCUT2D eigenvalue weighted by Gasteiger charge is -2.39. The van der Waals surface area contributed by atoms with Crippen molar-refractivity contribution in [1.82, 2.24) is 14.7 Å². The topological polar surface area (TPSA) is 53.1 Å². The molecule has 2 saturated heterocycles. The van der Waals surface area contributed by atoms with E-state index in [2.05, 4.69) is 4.90 Å². The van der Waals surface area contributed by atoms with Gasteiger partial charge in [-0.3, -0.25) is 14.5 Å². The Morgan fingerprint density at radius 2 is 1.81 bits per heavy atom. The number of methoxy groups -OCH3 is 1. The quantitative estimate of drug-likeness (QED) is 0.805. The molecule has 6 heteroatoms. The summed E-state index contributed by atoms with van der Waals surface area (Å²) in [5, 5.41) is 0. The zero-order valence-electron chi connectivity index (χ0n) is 16.3. The molecule has 1 unspecified atom stereocenters. The number of piperazine rings is 1. The Balaban J connectivity index is 1.47. The van der Waals surface area contributed by atoms with Crippen LogP contribution in [0, 0.1) is 0 Å². The van der Waals surface area contributed by atoms with Crippen molar-refractivity contribution in [3.8, 4) is 5.75 Å². The largest absolute Gasteiger partial charge is 0.497 e. The lowest BCUT2D eigenvalue weighted by Crippen LogP contribution is -2.56. The molecule has 6 nitrogen and oxygen atoms in total. The summed E-state index contributed by atoms with van der Waals surface area (Å²) in [7, 11) is 1.65. The third kappa shape index (κ3) is 3.20. The molecule has 2 heterocycles. The third-order valence-corrected chi connectivity index (χ3v) is 6.50. The van der Waals surface area contributed by atoms with Crippen LogP contribution in [0.15, 0.2) is 24.3 Å². The van der Waals surface area contributed by atoms with Gasteiger partial charge in [-0.1, -0.05) is 12.1 Å². The van der Waals surface area contributed by atoms with E-state index < -0.39 is 0 Å². The molecule has 2 aliphatic heterocycles. The van der Waals surface area contributed by atoms with Crippen molar-refractivity contribution in [2.24, 2.45) is 0 Å². The molecule has 0 aromatic heterocycles. The zero-order chi connectivity index (χ0) is 19.0. The maximum Gasteiger partial charge on any atom is 0.240 e. The number of amides is 2. The summed E-state index contributed by atoms with van der Waals surface area (Å²) >= 11 is 0. The maximum atomic E-state index is 13.4. The second kappa shape index (κ2) is 7.15. The Bertz CT molecular complexity index is 714. The summed E-state index contributed by atoms with van der Waals surface area (Å²) in [5.74, 6) is 1.27. The van der Waals surface area contributed by atoms with Crippen LogP contribution in [0.3, 0.4) is 0 Å². The number of likely N-dealkylation sites (N-methyl/N-ethyl adjacent to an activating group) is 1.